The second-order valence-electron chi connectivity index (χ2n) is 6.56. The van der Waals surface area contributed by atoms with Gasteiger partial charge >= 0.3 is 0 Å². The van der Waals surface area contributed by atoms with Crippen molar-refractivity contribution >= 4 is 5.91 Å². The van der Waals surface area contributed by atoms with Crippen molar-refractivity contribution in [3.05, 3.63) is 35.6 Å². The first-order valence-electron chi connectivity index (χ1n) is 8.83. The molecule has 1 aliphatic heterocycles. The fourth-order valence-electron chi connectivity index (χ4n) is 3.50. The number of carbonyl (C=O) groups is 1. The third kappa shape index (κ3) is 4.14. The van der Waals surface area contributed by atoms with Gasteiger partial charge in [-0.05, 0) is 36.5 Å². The molecular formula is C19H28FNO3. The van der Waals surface area contributed by atoms with Gasteiger partial charge in [-0.15, -0.1) is 0 Å². The quantitative estimate of drug-likeness (QED) is 0.804. The standard InChI is InChI=1S/C19H28FNO3/c1-3-14(4-2)17(22)13-21-18(23)19(9-11-24-12-10-19)15-5-7-16(20)8-6-15/h5-8,14,17,22H,3-4,9-13H2,1-2H3,(H,21,23). The van der Waals surface area contributed by atoms with E-state index in [9.17, 15) is 14.3 Å². The van der Waals surface area contributed by atoms with E-state index in [1.807, 2.05) is 13.8 Å². The van der Waals surface area contributed by atoms with Crippen LogP contribution in [0.4, 0.5) is 4.39 Å². The Bertz CT molecular complexity index is 522. The Morgan fingerprint density at radius 2 is 1.83 bits per heavy atom. The molecule has 1 aromatic rings. The van der Waals surface area contributed by atoms with Crippen molar-refractivity contribution in [1.29, 1.82) is 0 Å². The van der Waals surface area contributed by atoms with Crippen molar-refractivity contribution in [3.8, 4) is 0 Å². The first-order chi connectivity index (χ1) is 11.5. The van der Waals surface area contributed by atoms with Gasteiger partial charge in [0.1, 0.15) is 5.82 Å². The van der Waals surface area contributed by atoms with Crippen LogP contribution in [-0.4, -0.2) is 36.9 Å². The molecule has 0 aromatic heterocycles. The predicted molar refractivity (Wildman–Crippen MR) is 91.2 cm³/mol. The molecule has 1 unspecified atom stereocenters. The molecular weight excluding hydrogens is 309 g/mol. The number of nitrogens with one attached hydrogen (secondary N) is 1. The summed E-state index contributed by atoms with van der Waals surface area (Å²) in [5, 5.41) is 13.2. The van der Waals surface area contributed by atoms with Crippen molar-refractivity contribution in [1.82, 2.24) is 5.32 Å². The number of carbonyl (C=O) groups excluding carboxylic acids is 1. The third-order valence-electron chi connectivity index (χ3n) is 5.24. The van der Waals surface area contributed by atoms with Gasteiger partial charge in [0.05, 0.1) is 11.5 Å². The van der Waals surface area contributed by atoms with Crippen molar-refractivity contribution in [3.63, 3.8) is 0 Å². The molecule has 134 valence electrons. The molecule has 1 atom stereocenters. The van der Waals surface area contributed by atoms with Gasteiger partial charge in [0.15, 0.2) is 0 Å². The minimum atomic E-state index is -0.709. The van der Waals surface area contributed by atoms with Gasteiger partial charge in [-0.2, -0.15) is 0 Å². The van der Waals surface area contributed by atoms with Crippen LogP contribution in [0, 0.1) is 11.7 Å². The lowest BCUT2D eigenvalue weighted by Crippen LogP contribution is -2.50. The minimum Gasteiger partial charge on any atom is -0.391 e. The number of rotatable bonds is 7. The first-order valence-corrected chi connectivity index (χ1v) is 8.83. The monoisotopic (exact) mass is 337 g/mol. The summed E-state index contributed by atoms with van der Waals surface area (Å²) in [7, 11) is 0. The zero-order chi connectivity index (χ0) is 17.6. The molecule has 0 radical (unpaired) electrons. The van der Waals surface area contributed by atoms with Crippen molar-refractivity contribution in [2.75, 3.05) is 19.8 Å². The molecule has 1 fully saturated rings. The summed E-state index contributed by atoms with van der Waals surface area (Å²) in [6, 6.07) is 6.13. The van der Waals surface area contributed by atoms with Gasteiger partial charge in [0.2, 0.25) is 5.91 Å². The highest BCUT2D eigenvalue weighted by Gasteiger charge is 2.41. The average Bonchev–Trinajstić information content (AvgIpc) is 2.61. The van der Waals surface area contributed by atoms with Crippen LogP contribution in [-0.2, 0) is 14.9 Å². The molecule has 4 nitrogen and oxygen atoms in total. The smallest absolute Gasteiger partial charge is 0.230 e. The second-order valence-corrected chi connectivity index (χ2v) is 6.56. The van der Waals surface area contributed by atoms with Gasteiger partial charge in [0.25, 0.3) is 0 Å². The lowest BCUT2D eigenvalue weighted by Gasteiger charge is -2.36. The number of hydrogen-bond donors (Lipinski definition) is 2. The highest BCUT2D eigenvalue weighted by Crippen LogP contribution is 2.35. The molecule has 1 saturated heterocycles. The largest absolute Gasteiger partial charge is 0.391 e. The van der Waals surface area contributed by atoms with E-state index in [1.54, 1.807) is 12.1 Å². The van der Waals surface area contributed by atoms with Crippen molar-refractivity contribution < 1.29 is 19.0 Å². The number of amides is 1. The molecule has 1 aromatic carbocycles. The van der Waals surface area contributed by atoms with Gasteiger partial charge in [-0.1, -0.05) is 38.8 Å². The van der Waals surface area contributed by atoms with E-state index in [-0.39, 0.29) is 24.2 Å². The molecule has 0 aliphatic carbocycles. The number of hydrogen-bond acceptors (Lipinski definition) is 3. The van der Waals surface area contributed by atoms with E-state index in [0.717, 1.165) is 18.4 Å². The lowest BCUT2D eigenvalue weighted by molar-refractivity contribution is -0.131. The third-order valence-corrected chi connectivity index (χ3v) is 5.24. The van der Waals surface area contributed by atoms with Crippen LogP contribution in [0.3, 0.4) is 0 Å². The van der Waals surface area contributed by atoms with E-state index in [2.05, 4.69) is 5.32 Å². The van der Waals surface area contributed by atoms with Gasteiger partial charge < -0.3 is 15.2 Å². The highest BCUT2D eigenvalue weighted by atomic mass is 19.1. The van der Waals surface area contributed by atoms with Crippen LogP contribution in [0.2, 0.25) is 0 Å². The van der Waals surface area contributed by atoms with Gasteiger partial charge in [0, 0.05) is 19.8 Å². The summed E-state index contributed by atoms with van der Waals surface area (Å²) < 4.78 is 18.7. The number of benzene rings is 1. The number of aliphatic hydroxyl groups excluding tert-OH is 1. The molecule has 1 heterocycles. The molecule has 1 amide bonds. The maximum Gasteiger partial charge on any atom is 0.230 e. The molecule has 5 heteroatoms. The Hall–Kier alpha value is -1.46. The SMILES string of the molecule is CCC(CC)C(O)CNC(=O)C1(c2ccc(F)cc2)CCOCC1. The highest BCUT2D eigenvalue weighted by molar-refractivity contribution is 5.88. The van der Waals surface area contributed by atoms with Crippen LogP contribution in [0.5, 0.6) is 0 Å². The van der Waals surface area contributed by atoms with E-state index in [4.69, 9.17) is 4.74 Å². The fourth-order valence-corrected chi connectivity index (χ4v) is 3.50. The summed E-state index contributed by atoms with van der Waals surface area (Å²) in [6.07, 6.45) is 2.33. The Morgan fingerprint density at radius 3 is 2.38 bits per heavy atom. The summed E-state index contributed by atoms with van der Waals surface area (Å²) >= 11 is 0. The maximum absolute atomic E-state index is 13.2. The fraction of sp³-hybridized carbons (Fsp3) is 0.632. The summed E-state index contributed by atoms with van der Waals surface area (Å²) in [5.74, 6) is -0.241. The molecule has 0 bridgehead atoms. The summed E-state index contributed by atoms with van der Waals surface area (Å²) in [4.78, 5) is 12.9. The summed E-state index contributed by atoms with van der Waals surface area (Å²) in [6.45, 7) is 5.32. The van der Waals surface area contributed by atoms with Crippen LogP contribution >= 0.6 is 0 Å². The van der Waals surface area contributed by atoms with E-state index in [0.29, 0.717) is 26.1 Å². The van der Waals surface area contributed by atoms with E-state index < -0.39 is 11.5 Å². The minimum absolute atomic E-state index is 0.109. The topological polar surface area (TPSA) is 58.6 Å². The predicted octanol–water partition coefficient (Wildman–Crippen LogP) is 2.79. The van der Waals surface area contributed by atoms with Crippen molar-refractivity contribution in [2.24, 2.45) is 5.92 Å². The number of ether oxygens (including phenoxy) is 1. The average molecular weight is 337 g/mol. The maximum atomic E-state index is 13.2. The second kappa shape index (κ2) is 8.58. The molecule has 2 N–H and O–H groups in total. The van der Waals surface area contributed by atoms with Crippen LogP contribution in [0.15, 0.2) is 24.3 Å². The van der Waals surface area contributed by atoms with Gasteiger partial charge in [-0.3, -0.25) is 4.79 Å². The molecule has 24 heavy (non-hydrogen) atoms. The van der Waals surface area contributed by atoms with Crippen LogP contribution in [0.25, 0.3) is 0 Å². The van der Waals surface area contributed by atoms with Gasteiger partial charge in [-0.25, -0.2) is 4.39 Å². The van der Waals surface area contributed by atoms with Crippen LogP contribution < -0.4 is 5.32 Å². The molecule has 0 spiro atoms. The lowest BCUT2D eigenvalue weighted by atomic mass is 9.73. The number of aliphatic hydroxyl groups is 1. The first kappa shape index (κ1) is 18.9. The summed E-state index contributed by atoms with van der Waals surface area (Å²) in [5.41, 5.74) is 0.0984. The molecule has 1 aliphatic rings. The molecule has 0 saturated carbocycles. The van der Waals surface area contributed by atoms with E-state index >= 15 is 0 Å². The zero-order valence-corrected chi connectivity index (χ0v) is 14.6. The van der Waals surface area contributed by atoms with E-state index in [1.165, 1.54) is 12.1 Å². The Kier molecular flexibility index (Phi) is 6.75. The van der Waals surface area contributed by atoms with Crippen LogP contribution in [0.1, 0.15) is 45.1 Å². The molecule has 2 rings (SSSR count). The Morgan fingerprint density at radius 1 is 1.25 bits per heavy atom. The normalized spacial score (nSPS) is 18.4. The Labute approximate surface area is 143 Å². The number of halogens is 1. The van der Waals surface area contributed by atoms with Crippen molar-refractivity contribution in [2.45, 2.75) is 51.0 Å². The Balaban J connectivity index is 2.13. The zero-order valence-electron chi connectivity index (χ0n) is 14.6.